The molecule has 0 radical (unpaired) electrons. The lowest BCUT2D eigenvalue weighted by Gasteiger charge is -2.06. The fraction of sp³-hybridized carbons (Fsp3) is 0.333. The number of imidazole rings is 1. The lowest BCUT2D eigenvalue weighted by molar-refractivity contribution is 0.605. The van der Waals surface area contributed by atoms with Gasteiger partial charge in [-0.15, -0.1) is 0 Å². The summed E-state index contributed by atoms with van der Waals surface area (Å²) in [5, 5.41) is 0.653. The van der Waals surface area contributed by atoms with Gasteiger partial charge in [-0.1, -0.05) is 11.6 Å². The number of nitrogens with one attached hydrogen (secondary N) is 1. The molecule has 2 heterocycles. The molecule has 0 bridgehead atoms. The van der Waals surface area contributed by atoms with Gasteiger partial charge in [0.25, 0.3) is 0 Å². The summed E-state index contributed by atoms with van der Waals surface area (Å²) < 4.78 is 2.62. The molecule has 74 valence electrons. The minimum atomic E-state index is 0.280. The monoisotopic (exact) mass is 227 g/mol. The van der Waals surface area contributed by atoms with Crippen LogP contribution in [-0.2, 0) is 0 Å². The summed E-state index contributed by atoms with van der Waals surface area (Å²) in [5.41, 5.74) is 1.63. The maximum absolute atomic E-state index is 6.02. The standard InChI is InChI=1S/C9H10ClN3S/c1-5(2)13-8-7(12-9(13)14)6(10)3-4-11-8/h3-5H,1-2H3,(H,12,14). The van der Waals surface area contributed by atoms with E-state index in [0.29, 0.717) is 9.79 Å². The SMILES string of the molecule is CC(C)n1c(=S)[nH]c2c(Cl)ccnc21. The number of nitrogens with zero attached hydrogens (tertiary/aromatic N) is 2. The van der Waals surface area contributed by atoms with Gasteiger partial charge < -0.3 is 4.98 Å². The van der Waals surface area contributed by atoms with Crippen LogP contribution in [0.2, 0.25) is 5.02 Å². The van der Waals surface area contributed by atoms with E-state index < -0.39 is 0 Å². The van der Waals surface area contributed by atoms with Gasteiger partial charge in [-0.3, -0.25) is 4.57 Å². The summed E-state index contributed by atoms with van der Waals surface area (Å²) in [5.74, 6) is 0. The second-order valence-electron chi connectivity index (χ2n) is 3.39. The Morgan fingerprint density at radius 3 is 2.93 bits per heavy atom. The van der Waals surface area contributed by atoms with Crippen LogP contribution in [-0.4, -0.2) is 14.5 Å². The Balaban J connectivity index is 2.91. The molecule has 0 atom stereocenters. The van der Waals surface area contributed by atoms with Gasteiger partial charge in [0.15, 0.2) is 10.4 Å². The van der Waals surface area contributed by atoms with Crippen molar-refractivity contribution in [2.75, 3.05) is 0 Å². The lowest BCUT2D eigenvalue weighted by atomic mass is 10.4. The molecule has 1 N–H and O–H groups in total. The maximum atomic E-state index is 6.02. The Morgan fingerprint density at radius 2 is 2.29 bits per heavy atom. The van der Waals surface area contributed by atoms with E-state index in [9.17, 15) is 0 Å². The second-order valence-corrected chi connectivity index (χ2v) is 4.18. The fourth-order valence-corrected chi connectivity index (χ4v) is 2.06. The van der Waals surface area contributed by atoms with Crippen molar-refractivity contribution >= 4 is 35.0 Å². The van der Waals surface area contributed by atoms with Gasteiger partial charge in [0, 0.05) is 12.2 Å². The summed E-state index contributed by atoms with van der Waals surface area (Å²) >= 11 is 11.2. The van der Waals surface area contributed by atoms with E-state index in [1.54, 1.807) is 12.3 Å². The van der Waals surface area contributed by atoms with Gasteiger partial charge in [-0.05, 0) is 32.1 Å². The first-order valence-corrected chi connectivity index (χ1v) is 5.14. The average Bonchev–Trinajstić information content (AvgIpc) is 2.42. The summed E-state index contributed by atoms with van der Waals surface area (Å²) in [6.07, 6.45) is 1.69. The molecule has 14 heavy (non-hydrogen) atoms. The molecule has 0 aromatic carbocycles. The number of pyridine rings is 1. The molecular weight excluding hydrogens is 218 g/mol. The molecule has 0 aliphatic carbocycles. The molecule has 2 aromatic rings. The highest BCUT2D eigenvalue weighted by molar-refractivity contribution is 7.71. The Hall–Kier alpha value is -0.870. The minimum absolute atomic E-state index is 0.280. The zero-order chi connectivity index (χ0) is 10.3. The van der Waals surface area contributed by atoms with Crippen molar-refractivity contribution < 1.29 is 0 Å². The normalized spacial score (nSPS) is 11.4. The first-order valence-electron chi connectivity index (χ1n) is 4.36. The van der Waals surface area contributed by atoms with Crippen LogP contribution in [0.1, 0.15) is 19.9 Å². The summed E-state index contributed by atoms with van der Waals surface area (Å²) in [4.78, 5) is 7.32. The smallest absolute Gasteiger partial charge is 0.179 e. The van der Waals surface area contributed by atoms with Gasteiger partial charge >= 0.3 is 0 Å². The van der Waals surface area contributed by atoms with Crippen molar-refractivity contribution in [3.8, 4) is 0 Å². The highest BCUT2D eigenvalue weighted by atomic mass is 35.5. The molecule has 0 aliphatic rings. The van der Waals surface area contributed by atoms with Gasteiger partial charge in [0.1, 0.15) is 5.52 Å². The van der Waals surface area contributed by atoms with Crippen LogP contribution < -0.4 is 0 Å². The molecule has 5 heteroatoms. The van der Waals surface area contributed by atoms with Gasteiger partial charge in [0.2, 0.25) is 0 Å². The number of aromatic nitrogens is 3. The van der Waals surface area contributed by atoms with E-state index in [2.05, 4.69) is 23.8 Å². The van der Waals surface area contributed by atoms with Crippen LogP contribution in [0.25, 0.3) is 11.2 Å². The number of rotatable bonds is 1. The fourth-order valence-electron chi connectivity index (χ4n) is 1.47. The quantitative estimate of drug-likeness (QED) is 0.759. The third-order valence-electron chi connectivity index (χ3n) is 2.08. The predicted molar refractivity (Wildman–Crippen MR) is 60.3 cm³/mol. The van der Waals surface area contributed by atoms with Crippen LogP contribution in [0.15, 0.2) is 12.3 Å². The molecule has 2 rings (SSSR count). The number of hydrogen-bond acceptors (Lipinski definition) is 2. The first kappa shape index (κ1) is 9.68. The van der Waals surface area contributed by atoms with Crippen LogP contribution in [0.5, 0.6) is 0 Å². The first-order chi connectivity index (χ1) is 6.61. The van der Waals surface area contributed by atoms with Crippen molar-refractivity contribution in [1.82, 2.24) is 14.5 Å². The van der Waals surface area contributed by atoms with E-state index in [-0.39, 0.29) is 6.04 Å². The number of fused-ring (bicyclic) bond motifs is 1. The lowest BCUT2D eigenvalue weighted by Crippen LogP contribution is -2.01. The molecule has 0 saturated heterocycles. The molecule has 0 unspecified atom stereocenters. The van der Waals surface area contributed by atoms with Crippen LogP contribution in [0.3, 0.4) is 0 Å². The third-order valence-corrected chi connectivity index (χ3v) is 2.69. The Kier molecular flexibility index (Phi) is 2.33. The average molecular weight is 228 g/mol. The number of H-pyrrole nitrogens is 1. The molecule has 0 fully saturated rings. The van der Waals surface area contributed by atoms with Crippen molar-refractivity contribution in [3.63, 3.8) is 0 Å². The van der Waals surface area contributed by atoms with Crippen molar-refractivity contribution in [3.05, 3.63) is 22.1 Å². The summed E-state index contributed by atoms with van der Waals surface area (Å²) in [7, 11) is 0. The van der Waals surface area contributed by atoms with E-state index in [4.69, 9.17) is 23.8 Å². The van der Waals surface area contributed by atoms with Crippen LogP contribution >= 0.6 is 23.8 Å². The molecule has 0 saturated carbocycles. The molecule has 2 aromatic heterocycles. The van der Waals surface area contributed by atoms with Crippen LogP contribution in [0.4, 0.5) is 0 Å². The Morgan fingerprint density at radius 1 is 1.57 bits per heavy atom. The van der Waals surface area contributed by atoms with Gasteiger partial charge in [0.05, 0.1) is 5.02 Å². The predicted octanol–water partition coefficient (Wildman–Crippen LogP) is 3.33. The van der Waals surface area contributed by atoms with E-state index in [1.165, 1.54) is 0 Å². The maximum Gasteiger partial charge on any atom is 0.179 e. The molecule has 0 amide bonds. The molecule has 0 spiro atoms. The van der Waals surface area contributed by atoms with Gasteiger partial charge in [-0.2, -0.15) is 0 Å². The zero-order valence-electron chi connectivity index (χ0n) is 7.91. The Labute approximate surface area is 91.7 Å². The molecular formula is C9H10ClN3S. The topological polar surface area (TPSA) is 33.6 Å². The molecule has 3 nitrogen and oxygen atoms in total. The third kappa shape index (κ3) is 1.35. The van der Waals surface area contributed by atoms with Crippen molar-refractivity contribution in [2.24, 2.45) is 0 Å². The Bertz CT molecular complexity index is 526. The highest BCUT2D eigenvalue weighted by Gasteiger charge is 2.10. The highest BCUT2D eigenvalue weighted by Crippen LogP contribution is 2.22. The van der Waals surface area contributed by atoms with Gasteiger partial charge in [-0.25, -0.2) is 4.98 Å². The van der Waals surface area contributed by atoms with E-state index in [1.807, 2.05) is 4.57 Å². The zero-order valence-corrected chi connectivity index (χ0v) is 9.49. The van der Waals surface area contributed by atoms with Crippen molar-refractivity contribution in [2.45, 2.75) is 19.9 Å². The van der Waals surface area contributed by atoms with Crippen LogP contribution in [0, 0.1) is 4.77 Å². The molecule has 0 aliphatic heterocycles. The van der Waals surface area contributed by atoms with Crippen molar-refractivity contribution in [1.29, 1.82) is 0 Å². The van der Waals surface area contributed by atoms with E-state index >= 15 is 0 Å². The number of aromatic amines is 1. The minimum Gasteiger partial charge on any atom is -0.328 e. The second kappa shape index (κ2) is 3.37. The summed E-state index contributed by atoms with van der Waals surface area (Å²) in [6, 6.07) is 2.03. The number of halogens is 1. The van der Waals surface area contributed by atoms with E-state index in [0.717, 1.165) is 11.2 Å². The largest absolute Gasteiger partial charge is 0.328 e. The summed E-state index contributed by atoms with van der Waals surface area (Å²) in [6.45, 7) is 4.12. The number of hydrogen-bond donors (Lipinski definition) is 1.